The minimum atomic E-state index is -2.24. The first kappa shape index (κ1) is 20.3. The number of hydrogen-bond acceptors (Lipinski definition) is 10. The van der Waals surface area contributed by atoms with Crippen LogP contribution in [0.4, 0.5) is 0 Å². The topological polar surface area (TPSA) is 110 Å². The number of cyclic esters (lactones) is 1. The molecule has 3 heterocycles. The van der Waals surface area contributed by atoms with Gasteiger partial charge < -0.3 is 14.9 Å². The molecular weight excluding hydrogens is 476 g/mol. The number of carbonyl (C=O) groups is 2. The number of carboxylic acid groups (broad SMARTS) is 1. The molecule has 0 saturated carbocycles. The summed E-state index contributed by atoms with van der Waals surface area (Å²) in [5.41, 5.74) is -0.824. The molecule has 0 saturated heterocycles. The molecule has 1 aliphatic heterocycles. The molecule has 11 heteroatoms. The first-order valence-corrected chi connectivity index (χ1v) is 11.8. The number of ether oxygens (including phenoxy) is 1. The van der Waals surface area contributed by atoms with Crippen molar-refractivity contribution >= 4 is 79.4 Å². The van der Waals surface area contributed by atoms with Crippen molar-refractivity contribution in [2.75, 3.05) is 0 Å². The van der Waals surface area contributed by atoms with Crippen molar-refractivity contribution in [3.63, 3.8) is 0 Å². The third-order valence-electron chi connectivity index (χ3n) is 4.71. The summed E-state index contributed by atoms with van der Waals surface area (Å²) >= 11 is 7.99. The molecule has 4 aromatic rings. The molecule has 156 valence electrons. The van der Waals surface area contributed by atoms with Gasteiger partial charge in [-0.25, -0.2) is 19.6 Å². The Morgan fingerprint density at radius 1 is 1.06 bits per heavy atom. The summed E-state index contributed by atoms with van der Waals surface area (Å²) in [5.74, 6) is -3.33. The number of aliphatic hydroxyl groups is 1. The molecule has 2 unspecified atom stereocenters. The van der Waals surface area contributed by atoms with Crippen molar-refractivity contribution in [3.8, 4) is 0 Å². The Labute approximate surface area is 192 Å². The van der Waals surface area contributed by atoms with Gasteiger partial charge >= 0.3 is 11.9 Å². The van der Waals surface area contributed by atoms with Gasteiger partial charge in [-0.15, -0.1) is 22.7 Å². The van der Waals surface area contributed by atoms with E-state index in [1.54, 1.807) is 6.07 Å². The number of thiazole rings is 2. The second-order valence-electron chi connectivity index (χ2n) is 6.58. The van der Waals surface area contributed by atoms with E-state index in [0.717, 1.165) is 26.7 Å². The molecule has 2 aromatic carbocycles. The van der Waals surface area contributed by atoms with E-state index in [-0.39, 0.29) is 4.91 Å². The molecule has 2 atom stereocenters. The molecule has 0 spiro atoms. The number of carboxylic acids is 1. The molecule has 0 aliphatic carbocycles. The average molecular weight is 489 g/mol. The zero-order chi connectivity index (χ0) is 21.8. The van der Waals surface area contributed by atoms with Crippen LogP contribution in [-0.4, -0.2) is 37.7 Å². The van der Waals surface area contributed by atoms with E-state index < -0.39 is 28.5 Å². The Morgan fingerprint density at radius 3 is 2.29 bits per heavy atom. The van der Waals surface area contributed by atoms with E-state index in [0.29, 0.717) is 14.9 Å². The number of aromatic nitrogens is 2. The predicted molar refractivity (Wildman–Crippen MR) is 123 cm³/mol. The maximum absolute atomic E-state index is 12.5. The number of aliphatic hydroxyl groups excluding tert-OH is 1. The standard InChI is InChI=1S/C20H12N2O5S4/c23-13-15(31-19-22-10-6-2-4-8-12(10)30-19)20(18(25)26,27-17(13)24)14(28)16-21-9-5-1-3-7-11(9)29-16/h1-8,14,23,28H,(H,25,26). The van der Waals surface area contributed by atoms with Crippen LogP contribution in [0, 0.1) is 0 Å². The van der Waals surface area contributed by atoms with Gasteiger partial charge in [0.15, 0.2) is 4.34 Å². The maximum atomic E-state index is 12.5. The number of thioether (sulfide) groups is 1. The van der Waals surface area contributed by atoms with Gasteiger partial charge in [-0.1, -0.05) is 36.0 Å². The second-order valence-corrected chi connectivity index (χ2v) is 10.4. The molecule has 31 heavy (non-hydrogen) atoms. The Bertz CT molecular complexity index is 1330. The third-order valence-corrected chi connectivity index (χ3v) is 8.89. The van der Waals surface area contributed by atoms with E-state index in [4.69, 9.17) is 4.74 Å². The fourth-order valence-electron chi connectivity index (χ4n) is 3.23. The zero-order valence-corrected chi connectivity index (χ0v) is 18.7. The summed E-state index contributed by atoms with van der Waals surface area (Å²) in [7, 11) is 0. The van der Waals surface area contributed by atoms with E-state index in [2.05, 4.69) is 22.6 Å². The monoisotopic (exact) mass is 488 g/mol. The van der Waals surface area contributed by atoms with Crippen LogP contribution >= 0.6 is 47.1 Å². The highest BCUT2D eigenvalue weighted by Gasteiger charge is 2.60. The predicted octanol–water partition coefficient (Wildman–Crippen LogP) is 4.82. The maximum Gasteiger partial charge on any atom is 0.375 e. The lowest BCUT2D eigenvalue weighted by Gasteiger charge is -2.29. The van der Waals surface area contributed by atoms with Gasteiger partial charge in [0, 0.05) is 0 Å². The lowest BCUT2D eigenvalue weighted by molar-refractivity contribution is -0.168. The minimum absolute atomic E-state index is 0.164. The Hall–Kier alpha value is -2.60. The van der Waals surface area contributed by atoms with Crippen molar-refractivity contribution in [3.05, 3.63) is 64.2 Å². The number of rotatable bonds is 5. The molecule has 0 radical (unpaired) electrons. The lowest BCUT2D eigenvalue weighted by atomic mass is 9.99. The third kappa shape index (κ3) is 3.19. The van der Waals surface area contributed by atoms with Crippen LogP contribution in [0.1, 0.15) is 10.3 Å². The highest BCUT2D eigenvalue weighted by atomic mass is 32.2. The van der Waals surface area contributed by atoms with Crippen LogP contribution in [0.5, 0.6) is 0 Å². The molecule has 7 nitrogen and oxygen atoms in total. The van der Waals surface area contributed by atoms with Crippen LogP contribution in [-0.2, 0) is 14.3 Å². The summed E-state index contributed by atoms with van der Waals surface area (Å²) in [4.78, 5) is 33.6. The molecular formula is C20H12N2O5S4. The first-order chi connectivity index (χ1) is 14.9. The largest absolute Gasteiger partial charge is 0.501 e. The highest BCUT2D eigenvalue weighted by Crippen LogP contribution is 2.53. The van der Waals surface area contributed by atoms with Gasteiger partial charge in [0.2, 0.25) is 5.76 Å². The molecule has 0 amide bonds. The van der Waals surface area contributed by atoms with Gasteiger partial charge in [-0.05, 0) is 24.3 Å². The summed E-state index contributed by atoms with van der Waals surface area (Å²) < 4.78 is 7.48. The van der Waals surface area contributed by atoms with E-state index in [1.165, 1.54) is 22.7 Å². The number of esters is 1. The van der Waals surface area contributed by atoms with Crippen molar-refractivity contribution in [1.29, 1.82) is 0 Å². The number of hydrogen-bond donors (Lipinski definition) is 3. The SMILES string of the molecule is O=C1OC(C(=O)O)(C(S)c2nc3ccccc3s2)C(Sc2nc3ccccc3s2)=C1O. The summed E-state index contributed by atoms with van der Waals surface area (Å²) in [5, 5.41) is 19.8. The quantitative estimate of drug-likeness (QED) is 0.271. The number of aliphatic carboxylic acids is 1. The summed E-state index contributed by atoms with van der Waals surface area (Å²) in [6, 6.07) is 14.7. The van der Waals surface area contributed by atoms with Crippen LogP contribution in [0.15, 0.2) is 63.5 Å². The first-order valence-electron chi connectivity index (χ1n) is 8.87. The minimum Gasteiger partial charge on any atom is -0.501 e. The summed E-state index contributed by atoms with van der Waals surface area (Å²) in [6.45, 7) is 0. The smallest absolute Gasteiger partial charge is 0.375 e. The van der Waals surface area contributed by atoms with Crippen LogP contribution in [0.2, 0.25) is 0 Å². The van der Waals surface area contributed by atoms with Crippen LogP contribution in [0.3, 0.4) is 0 Å². The summed E-state index contributed by atoms with van der Waals surface area (Å²) in [6.07, 6.45) is 0. The molecule has 0 bridgehead atoms. The number of thiol groups is 1. The van der Waals surface area contributed by atoms with Gasteiger partial charge in [-0.2, -0.15) is 12.6 Å². The van der Waals surface area contributed by atoms with E-state index in [9.17, 15) is 19.8 Å². The Kier molecular flexibility index (Phi) is 4.93. The fourth-order valence-corrected chi connectivity index (χ4v) is 7.12. The average Bonchev–Trinajstić information content (AvgIpc) is 3.43. The molecule has 1 aliphatic rings. The van der Waals surface area contributed by atoms with Crippen LogP contribution < -0.4 is 0 Å². The van der Waals surface area contributed by atoms with E-state index >= 15 is 0 Å². The van der Waals surface area contributed by atoms with E-state index in [1.807, 2.05) is 42.5 Å². The van der Waals surface area contributed by atoms with Crippen molar-refractivity contribution in [2.24, 2.45) is 0 Å². The molecule has 2 N–H and O–H groups in total. The second kappa shape index (κ2) is 7.52. The number of para-hydroxylation sites is 2. The fraction of sp³-hybridized carbons (Fsp3) is 0.100. The Morgan fingerprint density at radius 2 is 1.68 bits per heavy atom. The highest BCUT2D eigenvalue weighted by molar-refractivity contribution is 8.05. The van der Waals surface area contributed by atoms with Crippen molar-refractivity contribution < 1.29 is 24.5 Å². The lowest BCUT2D eigenvalue weighted by Crippen LogP contribution is -2.44. The van der Waals surface area contributed by atoms with Crippen molar-refractivity contribution in [2.45, 2.75) is 15.2 Å². The Balaban J connectivity index is 1.61. The molecule has 0 fully saturated rings. The molecule has 5 rings (SSSR count). The number of carbonyl (C=O) groups excluding carboxylic acids is 1. The van der Waals surface area contributed by atoms with Crippen LogP contribution in [0.25, 0.3) is 20.4 Å². The van der Waals surface area contributed by atoms with Gasteiger partial charge in [0.05, 0.1) is 25.3 Å². The number of nitrogens with zero attached hydrogens (tertiary/aromatic N) is 2. The zero-order valence-electron chi connectivity index (χ0n) is 15.4. The van der Waals surface area contributed by atoms with Gasteiger partial charge in [0.1, 0.15) is 10.3 Å². The molecule has 2 aromatic heterocycles. The number of benzene rings is 2. The normalized spacial score (nSPS) is 19.8. The van der Waals surface area contributed by atoms with Gasteiger partial charge in [-0.3, -0.25) is 0 Å². The van der Waals surface area contributed by atoms with Gasteiger partial charge in [0.25, 0.3) is 5.60 Å². The number of fused-ring (bicyclic) bond motifs is 2. The van der Waals surface area contributed by atoms with Crippen molar-refractivity contribution in [1.82, 2.24) is 9.97 Å².